The third-order valence-electron chi connectivity index (χ3n) is 4.91. The zero-order valence-corrected chi connectivity index (χ0v) is 14.3. The standard InChI is InChI=1S/C19H25N3O/c1-4-15-11-14(12-20)9-10-17(15)21-18-22(16-7-5-6-8-16)19(2,3)13-23-18/h9-11,16H,4-8,13H2,1-3H3/b21-18-. The fourth-order valence-electron chi connectivity index (χ4n) is 3.69. The number of nitriles is 1. The van der Waals surface area contributed by atoms with Crippen LogP contribution in [0.3, 0.4) is 0 Å². The summed E-state index contributed by atoms with van der Waals surface area (Å²) in [5.74, 6) is 0. The van der Waals surface area contributed by atoms with Crippen LogP contribution in [0.15, 0.2) is 23.2 Å². The lowest BCUT2D eigenvalue weighted by atomic mass is 10.0. The van der Waals surface area contributed by atoms with Gasteiger partial charge in [0.15, 0.2) is 0 Å². The summed E-state index contributed by atoms with van der Waals surface area (Å²) in [5, 5.41) is 9.07. The Kier molecular flexibility index (Phi) is 4.30. The van der Waals surface area contributed by atoms with Gasteiger partial charge in [-0.05, 0) is 56.9 Å². The largest absolute Gasteiger partial charge is 0.462 e. The highest BCUT2D eigenvalue weighted by Gasteiger charge is 2.43. The quantitative estimate of drug-likeness (QED) is 0.842. The van der Waals surface area contributed by atoms with Gasteiger partial charge in [-0.1, -0.05) is 19.8 Å². The van der Waals surface area contributed by atoms with E-state index < -0.39 is 0 Å². The van der Waals surface area contributed by atoms with Crippen molar-refractivity contribution in [3.05, 3.63) is 29.3 Å². The van der Waals surface area contributed by atoms with Crippen molar-refractivity contribution >= 4 is 11.7 Å². The zero-order chi connectivity index (χ0) is 16.4. The highest BCUT2D eigenvalue weighted by molar-refractivity contribution is 5.81. The summed E-state index contributed by atoms with van der Waals surface area (Å²) >= 11 is 0. The van der Waals surface area contributed by atoms with Crippen LogP contribution in [0.25, 0.3) is 0 Å². The van der Waals surface area contributed by atoms with E-state index in [9.17, 15) is 0 Å². The number of amidine groups is 1. The Morgan fingerprint density at radius 1 is 1.35 bits per heavy atom. The minimum atomic E-state index is -0.00713. The SMILES string of the molecule is CCc1cc(C#N)ccc1/N=C1\OCC(C)(C)N1C1CCCC1. The lowest BCUT2D eigenvalue weighted by Gasteiger charge is -2.35. The molecular formula is C19H25N3O. The number of hydrogen-bond donors (Lipinski definition) is 0. The summed E-state index contributed by atoms with van der Waals surface area (Å²) in [6.45, 7) is 7.23. The third kappa shape index (κ3) is 3.06. The smallest absolute Gasteiger partial charge is 0.293 e. The summed E-state index contributed by atoms with van der Waals surface area (Å²) in [4.78, 5) is 7.22. The molecule has 2 aliphatic rings. The normalized spacial score (nSPS) is 22.3. The Morgan fingerprint density at radius 2 is 2.09 bits per heavy atom. The molecule has 0 amide bonds. The highest BCUT2D eigenvalue weighted by atomic mass is 16.5. The lowest BCUT2D eigenvalue weighted by molar-refractivity contribution is 0.180. The average Bonchev–Trinajstić information content (AvgIpc) is 3.15. The van der Waals surface area contributed by atoms with Crippen molar-refractivity contribution in [2.75, 3.05) is 6.61 Å². The summed E-state index contributed by atoms with van der Waals surface area (Å²) < 4.78 is 5.96. The second-order valence-electron chi connectivity index (χ2n) is 7.11. The van der Waals surface area contributed by atoms with E-state index in [0.717, 1.165) is 23.7 Å². The third-order valence-corrected chi connectivity index (χ3v) is 4.91. The number of ether oxygens (including phenoxy) is 1. The molecule has 1 aliphatic heterocycles. The zero-order valence-electron chi connectivity index (χ0n) is 14.3. The molecule has 0 unspecified atom stereocenters. The first kappa shape index (κ1) is 15.9. The van der Waals surface area contributed by atoms with Gasteiger partial charge in [-0.2, -0.15) is 10.3 Å². The Labute approximate surface area is 138 Å². The Morgan fingerprint density at radius 3 is 2.74 bits per heavy atom. The van der Waals surface area contributed by atoms with Crippen LogP contribution in [-0.4, -0.2) is 29.1 Å². The number of aryl methyl sites for hydroxylation is 1. The summed E-state index contributed by atoms with van der Waals surface area (Å²) in [6.07, 6.45) is 5.89. The van der Waals surface area contributed by atoms with Crippen LogP contribution >= 0.6 is 0 Å². The molecular weight excluding hydrogens is 286 g/mol. The van der Waals surface area contributed by atoms with Crippen LogP contribution in [0.1, 0.15) is 57.6 Å². The van der Waals surface area contributed by atoms with Gasteiger partial charge in [0.1, 0.15) is 6.61 Å². The Hall–Kier alpha value is -2.02. The molecule has 1 heterocycles. The van der Waals surface area contributed by atoms with Crippen molar-refractivity contribution in [3.8, 4) is 6.07 Å². The topological polar surface area (TPSA) is 48.6 Å². The molecule has 0 N–H and O–H groups in total. The summed E-state index contributed by atoms with van der Waals surface area (Å²) in [5.41, 5.74) is 2.69. The lowest BCUT2D eigenvalue weighted by Crippen LogP contribution is -2.47. The van der Waals surface area contributed by atoms with Crippen LogP contribution in [-0.2, 0) is 11.2 Å². The molecule has 4 heteroatoms. The van der Waals surface area contributed by atoms with Crippen molar-refractivity contribution in [1.82, 2.24) is 4.90 Å². The van der Waals surface area contributed by atoms with Gasteiger partial charge < -0.3 is 9.64 Å². The molecule has 1 saturated carbocycles. The molecule has 3 rings (SSSR count). The maximum absolute atomic E-state index is 9.07. The van der Waals surface area contributed by atoms with Crippen LogP contribution in [0.5, 0.6) is 0 Å². The van der Waals surface area contributed by atoms with Crippen LogP contribution in [0.4, 0.5) is 5.69 Å². The Bertz CT molecular complexity index is 651. The van der Waals surface area contributed by atoms with E-state index in [0.29, 0.717) is 18.2 Å². The molecule has 0 bridgehead atoms. The fourth-order valence-corrected chi connectivity index (χ4v) is 3.69. The van der Waals surface area contributed by atoms with E-state index >= 15 is 0 Å². The second kappa shape index (κ2) is 6.23. The minimum absolute atomic E-state index is 0.00713. The first-order valence-electron chi connectivity index (χ1n) is 8.59. The van der Waals surface area contributed by atoms with Gasteiger partial charge in [0.05, 0.1) is 22.9 Å². The second-order valence-corrected chi connectivity index (χ2v) is 7.11. The highest BCUT2D eigenvalue weighted by Crippen LogP contribution is 2.35. The van der Waals surface area contributed by atoms with Gasteiger partial charge in [0, 0.05) is 6.04 Å². The number of hydrogen-bond acceptors (Lipinski definition) is 3. The molecule has 4 nitrogen and oxygen atoms in total. The summed E-state index contributed by atoms with van der Waals surface area (Å²) in [6, 6.07) is 9.19. The number of aliphatic imine (C=N–C) groups is 1. The number of benzene rings is 1. The Balaban J connectivity index is 1.96. The monoisotopic (exact) mass is 311 g/mol. The summed E-state index contributed by atoms with van der Waals surface area (Å²) in [7, 11) is 0. The van der Waals surface area contributed by atoms with Crippen molar-refractivity contribution in [2.45, 2.75) is 64.5 Å². The van der Waals surface area contributed by atoms with E-state index in [1.54, 1.807) is 0 Å². The van der Waals surface area contributed by atoms with E-state index in [4.69, 9.17) is 15.0 Å². The number of rotatable bonds is 3. The molecule has 2 fully saturated rings. The van der Waals surface area contributed by atoms with E-state index in [1.807, 2.05) is 18.2 Å². The van der Waals surface area contributed by atoms with Gasteiger partial charge in [-0.15, -0.1) is 0 Å². The molecule has 0 radical (unpaired) electrons. The maximum Gasteiger partial charge on any atom is 0.293 e. The molecule has 0 aromatic heterocycles. The van der Waals surface area contributed by atoms with Crippen LogP contribution in [0.2, 0.25) is 0 Å². The van der Waals surface area contributed by atoms with Crippen molar-refractivity contribution in [3.63, 3.8) is 0 Å². The van der Waals surface area contributed by atoms with Gasteiger partial charge in [-0.3, -0.25) is 0 Å². The van der Waals surface area contributed by atoms with E-state index in [2.05, 4.69) is 31.7 Å². The number of nitrogens with zero attached hydrogens (tertiary/aromatic N) is 3. The predicted molar refractivity (Wildman–Crippen MR) is 91.8 cm³/mol. The minimum Gasteiger partial charge on any atom is -0.462 e. The molecule has 1 aliphatic carbocycles. The first-order valence-corrected chi connectivity index (χ1v) is 8.59. The van der Waals surface area contributed by atoms with E-state index in [-0.39, 0.29) is 5.54 Å². The van der Waals surface area contributed by atoms with Crippen molar-refractivity contribution in [1.29, 1.82) is 5.26 Å². The fraction of sp³-hybridized carbons (Fsp3) is 0.579. The van der Waals surface area contributed by atoms with Gasteiger partial charge in [-0.25, -0.2) is 0 Å². The predicted octanol–water partition coefficient (Wildman–Crippen LogP) is 4.16. The molecule has 1 aromatic rings. The van der Waals surface area contributed by atoms with Crippen LogP contribution in [0, 0.1) is 11.3 Å². The first-order chi connectivity index (χ1) is 11.0. The molecule has 122 valence electrons. The van der Waals surface area contributed by atoms with Gasteiger partial charge >= 0.3 is 0 Å². The van der Waals surface area contributed by atoms with Crippen molar-refractivity contribution < 1.29 is 4.74 Å². The molecule has 1 aromatic carbocycles. The van der Waals surface area contributed by atoms with E-state index in [1.165, 1.54) is 25.7 Å². The molecule has 1 saturated heterocycles. The van der Waals surface area contributed by atoms with Crippen LogP contribution < -0.4 is 0 Å². The van der Waals surface area contributed by atoms with Crippen molar-refractivity contribution in [2.24, 2.45) is 4.99 Å². The van der Waals surface area contributed by atoms with Gasteiger partial charge in [0.25, 0.3) is 6.02 Å². The molecule has 0 spiro atoms. The maximum atomic E-state index is 9.07. The molecule has 0 atom stereocenters. The van der Waals surface area contributed by atoms with Gasteiger partial charge in [0.2, 0.25) is 0 Å². The average molecular weight is 311 g/mol. The molecule has 23 heavy (non-hydrogen) atoms.